The minimum absolute atomic E-state index is 0.126. The smallest absolute Gasteiger partial charge is 0.317 e. The second-order valence-corrected chi connectivity index (χ2v) is 6.86. The van der Waals surface area contributed by atoms with E-state index >= 15 is 0 Å². The molecule has 2 aliphatic rings. The first-order chi connectivity index (χ1) is 9.85. The number of hydrogen-bond acceptors (Lipinski definition) is 3. The van der Waals surface area contributed by atoms with Crippen LogP contribution in [0.25, 0.3) is 0 Å². The van der Waals surface area contributed by atoms with Crippen molar-refractivity contribution in [2.45, 2.75) is 38.6 Å². The molecule has 2 rings (SSSR count). The zero-order chi connectivity index (χ0) is 15.6. The fraction of sp³-hybridized carbons (Fsp3) is 0.867. The number of carbonyl (C=O) groups excluding carboxylic acids is 1. The van der Waals surface area contributed by atoms with Crippen molar-refractivity contribution in [2.75, 3.05) is 33.7 Å². The van der Waals surface area contributed by atoms with E-state index in [0.29, 0.717) is 31.3 Å². The average molecular weight is 297 g/mol. The van der Waals surface area contributed by atoms with E-state index in [4.69, 9.17) is 0 Å². The minimum Gasteiger partial charge on any atom is -0.481 e. The Hall–Kier alpha value is -1.30. The number of likely N-dealkylation sites (tertiary alicyclic amines) is 1. The zero-order valence-corrected chi connectivity index (χ0v) is 13.3. The van der Waals surface area contributed by atoms with Crippen molar-refractivity contribution >= 4 is 12.0 Å². The van der Waals surface area contributed by atoms with Crippen LogP contribution in [0.2, 0.25) is 0 Å². The van der Waals surface area contributed by atoms with E-state index in [1.807, 2.05) is 14.1 Å². The normalized spacial score (nSPS) is 28.1. The summed E-state index contributed by atoms with van der Waals surface area (Å²) >= 11 is 0. The molecule has 1 saturated heterocycles. The molecule has 2 fully saturated rings. The summed E-state index contributed by atoms with van der Waals surface area (Å²) in [5, 5.41) is 12.3. The van der Waals surface area contributed by atoms with Gasteiger partial charge in [-0.3, -0.25) is 4.79 Å². The Morgan fingerprint density at radius 1 is 1.29 bits per heavy atom. The number of urea groups is 1. The van der Waals surface area contributed by atoms with Crippen LogP contribution >= 0.6 is 0 Å². The third-order valence-corrected chi connectivity index (χ3v) is 5.12. The molecule has 2 atom stereocenters. The number of nitrogens with zero attached hydrogens (tertiary/aromatic N) is 2. The third-order valence-electron chi connectivity index (χ3n) is 5.12. The molecule has 1 saturated carbocycles. The predicted molar refractivity (Wildman–Crippen MR) is 80.1 cm³/mol. The Labute approximate surface area is 126 Å². The van der Waals surface area contributed by atoms with Crippen LogP contribution in [0.4, 0.5) is 4.79 Å². The van der Waals surface area contributed by atoms with Crippen molar-refractivity contribution < 1.29 is 14.7 Å². The van der Waals surface area contributed by atoms with Crippen LogP contribution in [-0.2, 0) is 4.79 Å². The van der Waals surface area contributed by atoms with Crippen molar-refractivity contribution in [2.24, 2.45) is 11.3 Å². The summed E-state index contributed by atoms with van der Waals surface area (Å²) in [6.45, 7) is 3.83. The van der Waals surface area contributed by atoms with E-state index in [2.05, 4.69) is 17.1 Å². The van der Waals surface area contributed by atoms with Crippen molar-refractivity contribution in [1.82, 2.24) is 15.1 Å². The van der Waals surface area contributed by atoms with Gasteiger partial charge in [0.25, 0.3) is 0 Å². The summed E-state index contributed by atoms with van der Waals surface area (Å²) in [5.74, 6) is -0.341. The van der Waals surface area contributed by atoms with Crippen LogP contribution in [-0.4, -0.2) is 66.7 Å². The number of hydrogen-bond donors (Lipinski definition) is 2. The van der Waals surface area contributed by atoms with Crippen LogP contribution in [0.5, 0.6) is 0 Å². The number of nitrogens with one attached hydrogen (secondary N) is 1. The van der Waals surface area contributed by atoms with Gasteiger partial charge in [-0.2, -0.15) is 0 Å². The molecule has 6 nitrogen and oxygen atoms in total. The monoisotopic (exact) mass is 297 g/mol. The van der Waals surface area contributed by atoms with Crippen LogP contribution < -0.4 is 5.32 Å². The van der Waals surface area contributed by atoms with Gasteiger partial charge in [0.1, 0.15) is 0 Å². The van der Waals surface area contributed by atoms with E-state index in [9.17, 15) is 14.7 Å². The molecular weight excluding hydrogens is 270 g/mol. The predicted octanol–water partition coefficient (Wildman–Crippen LogP) is 1.22. The lowest BCUT2D eigenvalue weighted by molar-refractivity contribution is -0.148. The molecule has 0 aromatic heterocycles. The minimum atomic E-state index is -0.777. The highest BCUT2D eigenvalue weighted by Crippen LogP contribution is 2.37. The van der Waals surface area contributed by atoms with E-state index in [0.717, 1.165) is 19.4 Å². The maximum atomic E-state index is 12.3. The lowest BCUT2D eigenvalue weighted by Gasteiger charge is -2.26. The number of carboxylic acids is 1. The summed E-state index contributed by atoms with van der Waals surface area (Å²) in [6.07, 6.45) is 3.20. The molecule has 21 heavy (non-hydrogen) atoms. The highest BCUT2D eigenvalue weighted by atomic mass is 16.4. The van der Waals surface area contributed by atoms with Gasteiger partial charge in [-0.1, -0.05) is 19.8 Å². The highest BCUT2D eigenvalue weighted by molar-refractivity contribution is 5.78. The first-order valence-electron chi connectivity index (χ1n) is 7.78. The van der Waals surface area contributed by atoms with E-state index < -0.39 is 11.4 Å². The molecule has 1 aliphatic heterocycles. The summed E-state index contributed by atoms with van der Waals surface area (Å²) in [4.78, 5) is 27.7. The average Bonchev–Trinajstić information content (AvgIpc) is 3.03. The molecule has 0 radical (unpaired) electrons. The lowest BCUT2D eigenvalue weighted by atomic mass is 9.86. The topological polar surface area (TPSA) is 72.9 Å². The zero-order valence-electron chi connectivity index (χ0n) is 13.3. The number of rotatable bonds is 4. The molecule has 0 aromatic carbocycles. The molecule has 0 aromatic rings. The van der Waals surface area contributed by atoms with Gasteiger partial charge in [0.2, 0.25) is 0 Å². The van der Waals surface area contributed by atoms with Gasteiger partial charge in [-0.05, 0) is 32.9 Å². The Bertz CT molecular complexity index is 405. The van der Waals surface area contributed by atoms with Gasteiger partial charge in [0.15, 0.2) is 0 Å². The van der Waals surface area contributed by atoms with Crippen LogP contribution in [0.1, 0.15) is 32.6 Å². The second-order valence-electron chi connectivity index (χ2n) is 6.86. The molecule has 1 aliphatic carbocycles. The van der Waals surface area contributed by atoms with Gasteiger partial charge < -0.3 is 20.2 Å². The largest absolute Gasteiger partial charge is 0.481 e. The SMILES string of the molecule is CC1CN(C(=O)NCC2(C(=O)O)CCCC2)CC1N(C)C. The number of carboxylic acid groups (broad SMARTS) is 1. The fourth-order valence-corrected chi connectivity index (χ4v) is 3.66. The molecule has 6 heteroatoms. The fourth-order valence-electron chi connectivity index (χ4n) is 3.66. The lowest BCUT2D eigenvalue weighted by Crippen LogP contribution is -2.46. The molecule has 120 valence electrons. The van der Waals surface area contributed by atoms with Crippen molar-refractivity contribution in [3.63, 3.8) is 0 Å². The standard InChI is InChI=1S/C15H27N3O3/c1-11-8-18(9-12(11)17(2)3)14(21)16-10-15(13(19)20)6-4-5-7-15/h11-12H,4-10H2,1-3H3,(H,16,21)(H,19,20). The van der Waals surface area contributed by atoms with Crippen LogP contribution in [0, 0.1) is 11.3 Å². The van der Waals surface area contributed by atoms with Gasteiger partial charge in [-0.25, -0.2) is 4.79 Å². The summed E-state index contributed by atoms with van der Waals surface area (Å²) in [5.41, 5.74) is -0.748. The maximum absolute atomic E-state index is 12.3. The third kappa shape index (κ3) is 3.31. The Morgan fingerprint density at radius 2 is 1.90 bits per heavy atom. The molecular formula is C15H27N3O3. The number of likely N-dealkylation sites (N-methyl/N-ethyl adjacent to an activating group) is 1. The second kappa shape index (κ2) is 6.22. The maximum Gasteiger partial charge on any atom is 0.317 e. The van der Waals surface area contributed by atoms with Gasteiger partial charge in [0.05, 0.1) is 5.41 Å². The number of carbonyl (C=O) groups is 2. The Kier molecular flexibility index (Phi) is 4.76. The quantitative estimate of drug-likeness (QED) is 0.818. The van der Waals surface area contributed by atoms with Gasteiger partial charge in [-0.15, -0.1) is 0 Å². The summed E-state index contributed by atoms with van der Waals surface area (Å²) < 4.78 is 0. The molecule has 1 heterocycles. The molecule has 2 unspecified atom stereocenters. The van der Waals surface area contributed by atoms with E-state index in [1.54, 1.807) is 4.90 Å². The first kappa shape index (κ1) is 16.1. The Balaban J connectivity index is 1.89. The molecule has 0 spiro atoms. The Morgan fingerprint density at radius 3 is 2.38 bits per heavy atom. The number of aliphatic carboxylic acids is 1. The summed E-state index contributed by atoms with van der Waals surface area (Å²) in [6, 6.07) is 0.245. The van der Waals surface area contributed by atoms with Gasteiger partial charge in [0, 0.05) is 25.7 Å². The molecule has 0 bridgehead atoms. The van der Waals surface area contributed by atoms with E-state index in [1.165, 1.54) is 0 Å². The summed E-state index contributed by atoms with van der Waals surface area (Å²) in [7, 11) is 4.06. The van der Waals surface area contributed by atoms with Crippen molar-refractivity contribution in [1.29, 1.82) is 0 Å². The van der Waals surface area contributed by atoms with E-state index in [-0.39, 0.29) is 12.6 Å². The number of amides is 2. The first-order valence-corrected chi connectivity index (χ1v) is 7.78. The van der Waals surface area contributed by atoms with Crippen LogP contribution in [0.15, 0.2) is 0 Å². The molecule has 2 amide bonds. The molecule has 2 N–H and O–H groups in total. The van der Waals surface area contributed by atoms with Crippen LogP contribution in [0.3, 0.4) is 0 Å². The van der Waals surface area contributed by atoms with Gasteiger partial charge >= 0.3 is 12.0 Å². The van der Waals surface area contributed by atoms with Crippen molar-refractivity contribution in [3.05, 3.63) is 0 Å². The van der Waals surface area contributed by atoms with Crippen molar-refractivity contribution in [3.8, 4) is 0 Å². The highest BCUT2D eigenvalue weighted by Gasteiger charge is 2.42.